The third kappa shape index (κ3) is 3.64. The fourth-order valence-electron chi connectivity index (χ4n) is 2.10. The zero-order valence-electron chi connectivity index (χ0n) is 8.80. The van der Waals surface area contributed by atoms with Gasteiger partial charge in [0.15, 0.2) is 6.17 Å². The summed E-state index contributed by atoms with van der Waals surface area (Å²) in [6.07, 6.45) is 5.99. The number of hydrogen-bond donors (Lipinski definition) is 0. The Morgan fingerprint density at radius 1 is 1.43 bits per heavy atom. The number of ether oxygens (including phenoxy) is 1. The molecule has 82 valence electrons. The van der Waals surface area contributed by atoms with Crippen molar-refractivity contribution in [3.05, 3.63) is 0 Å². The van der Waals surface area contributed by atoms with Crippen LogP contribution < -0.4 is 0 Å². The first-order valence-electron chi connectivity index (χ1n) is 5.46. The maximum atomic E-state index is 13.1. The summed E-state index contributed by atoms with van der Waals surface area (Å²) in [4.78, 5) is 10.8. The molecule has 0 heterocycles. The van der Waals surface area contributed by atoms with Crippen LogP contribution in [0.2, 0.25) is 0 Å². The van der Waals surface area contributed by atoms with Gasteiger partial charge in [0, 0.05) is 0 Å². The molecule has 1 fully saturated rings. The van der Waals surface area contributed by atoms with Gasteiger partial charge in [0.05, 0.1) is 7.11 Å². The molecule has 0 spiro atoms. The summed E-state index contributed by atoms with van der Waals surface area (Å²) in [6, 6.07) is 0. The standard InChI is InChI=1S/C11H19FO2/c1-14-11(13)10(12)8-7-9-5-3-2-4-6-9/h9-10H,2-8H2,1H3. The fourth-order valence-corrected chi connectivity index (χ4v) is 2.10. The molecule has 1 atom stereocenters. The van der Waals surface area contributed by atoms with Crippen LogP contribution in [0.3, 0.4) is 0 Å². The Bertz CT molecular complexity index is 176. The second-order valence-corrected chi connectivity index (χ2v) is 4.07. The van der Waals surface area contributed by atoms with Gasteiger partial charge in [-0.1, -0.05) is 32.1 Å². The second kappa shape index (κ2) is 5.99. The van der Waals surface area contributed by atoms with Gasteiger partial charge in [0.1, 0.15) is 0 Å². The molecule has 0 amide bonds. The number of methoxy groups -OCH3 is 1. The third-order valence-corrected chi connectivity index (χ3v) is 3.01. The SMILES string of the molecule is COC(=O)C(F)CCC1CCCCC1. The van der Waals surface area contributed by atoms with E-state index in [2.05, 4.69) is 4.74 Å². The zero-order chi connectivity index (χ0) is 10.4. The predicted molar refractivity (Wildman–Crippen MR) is 52.7 cm³/mol. The minimum absolute atomic E-state index is 0.331. The van der Waals surface area contributed by atoms with Crippen molar-refractivity contribution in [3.8, 4) is 0 Å². The Balaban J connectivity index is 2.15. The zero-order valence-corrected chi connectivity index (χ0v) is 8.80. The molecule has 1 aliphatic rings. The van der Waals surface area contributed by atoms with Crippen LogP contribution in [0.5, 0.6) is 0 Å². The lowest BCUT2D eigenvalue weighted by molar-refractivity contribution is -0.146. The second-order valence-electron chi connectivity index (χ2n) is 4.07. The monoisotopic (exact) mass is 202 g/mol. The number of rotatable bonds is 4. The van der Waals surface area contributed by atoms with E-state index in [0.717, 1.165) is 6.42 Å². The normalized spacial score (nSPS) is 20.4. The number of alkyl halides is 1. The predicted octanol–water partition coefficient (Wildman–Crippen LogP) is 2.86. The minimum Gasteiger partial charge on any atom is -0.467 e. The van der Waals surface area contributed by atoms with E-state index in [0.29, 0.717) is 12.3 Å². The van der Waals surface area contributed by atoms with Crippen LogP contribution in [-0.2, 0) is 9.53 Å². The van der Waals surface area contributed by atoms with Gasteiger partial charge in [-0.05, 0) is 18.8 Å². The van der Waals surface area contributed by atoms with E-state index in [1.165, 1.54) is 39.2 Å². The summed E-state index contributed by atoms with van der Waals surface area (Å²) in [5, 5.41) is 0. The van der Waals surface area contributed by atoms with E-state index in [4.69, 9.17) is 0 Å². The topological polar surface area (TPSA) is 26.3 Å². The van der Waals surface area contributed by atoms with Crippen molar-refractivity contribution < 1.29 is 13.9 Å². The summed E-state index contributed by atoms with van der Waals surface area (Å²) >= 11 is 0. The first-order valence-corrected chi connectivity index (χ1v) is 5.46. The highest BCUT2D eigenvalue weighted by Gasteiger charge is 2.20. The van der Waals surface area contributed by atoms with Crippen LogP contribution in [-0.4, -0.2) is 19.3 Å². The molecule has 0 aromatic heterocycles. The van der Waals surface area contributed by atoms with Crippen molar-refractivity contribution in [1.29, 1.82) is 0 Å². The highest BCUT2D eigenvalue weighted by atomic mass is 19.1. The molecule has 0 aromatic carbocycles. The molecule has 0 radical (unpaired) electrons. The smallest absolute Gasteiger partial charge is 0.340 e. The molecule has 1 saturated carbocycles. The van der Waals surface area contributed by atoms with E-state index in [-0.39, 0.29) is 0 Å². The van der Waals surface area contributed by atoms with Gasteiger partial charge < -0.3 is 4.74 Å². The average Bonchev–Trinajstić information content (AvgIpc) is 2.26. The third-order valence-electron chi connectivity index (χ3n) is 3.01. The van der Waals surface area contributed by atoms with Crippen LogP contribution in [0.25, 0.3) is 0 Å². The number of carbonyl (C=O) groups excluding carboxylic acids is 1. The van der Waals surface area contributed by atoms with Crippen molar-refractivity contribution in [2.75, 3.05) is 7.11 Å². The number of hydrogen-bond acceptors (Lipinski definition) is 2. The molecule has 1 unspecified atom stereocenters. The Morgan fingerprint density at radius 3 is 2.64 bits per heavy atom. The molecule has 0 N–H and O–H groups in total. The molecule has 0 aromatic rings. The summed E-state index contributed by atoms with van der Waals surface area (Å²) < 4.78 is 17.4. The molecule has 0 bridgehead atoms. The Kier molecular flexibility index (Phi) is 4.91. The summed E-state index contributed by atoms with van der Waals surface area (Å²) in [7, 11) is 1.23. The lowest BCUT2D eigenvalue weighted by atomic mass is 9.85. The van der Waals surface area contributed by atoms with Crippen molar-refractivity contribution in [3.63, 3.8) is 0 Å². The lowest BCUT2D eigenvalue weighted by Crippen LogP contribution is -2.19. The molecule has 1 aliphatic carbocycles. The molecule has 14 heavy (non-hydrogen) atoms. The molecule has 2 nitrogen and oxygen atoms in total. The molecule has 0 aliphatic heterocycles. The van der Waals surface area contributed by atoms with Crippen molar-refractivity contribution in [2.45, 2.75) is 51.1 Å². The van der Waals surface area contributed by atoms with Gasteiger partial charge in [-0.15, -0.1) is 0 Å². The van der Waals surface area contributed by atoms with Gasteiger partial charge in [0.2, 0.25) is 0 Å². The summed E-state index contributed by atoms with van der Waals surface area (Å²) in [5.74, 6) is -0.0903. The Labute approximate surface area is 84.8 Å². The maximum absolute atomic E-state index is 13.1. The molecular weight excluding hydrogens is 183 g/mol. The van der Waals surface area contributed by atoms with Gasteiger partial charge in [0.25, 0.3) is 0 Å². The van der Waals surface area contributed by atoms with Crippen molar-refractivity contribution in [2.24, 2.45) is 5.92 Å². The van der Waals surface area contributed by atoms with Gasteiger partial charge >= 0.3 is 5.97 Å². The van der Waals surface area contributed by atoms with E-state index >= 15 is 0 Å². The molecular formula is C11H19FO2. The van der Waals surface area contributed by atoms with Crippen LogP contribution in [0.1, 0.15) is 44.9 Å². The Morgan fingerprint density at radius 2 is 2.07 bits per heavy atom. The van der Waals surface area contributed by atoms with Crippen LogP contribution in [0.4, 0.5) is 4.39 Å². The van der Waals surface area contributed by atoms with Crippen LogP contribution >= 0.6 is 0 Å². The molecule has 3 heteroatoms. The fraction of sp³-hybridized carbons (Fsp3) is 0.909. The largest absolute Gasteiger partial charge is 0.467 e. The van der Waals surface area contributed by atoms with Gasteiger partial charge in [-0.3, -0.25) is 0 Å². The number of esters is 1. The first-order chi connectivity index (χ1) is 6.74. The molecule has 1 rings (SSSR count). The number of carbonyl (C=O) groups is 1. The first kappa shape index (κ1) is 11.5. The van der Waals surface area contributed by atoms with E-state index in [1.807, 2.05) is 0 Å². The van der Waals surface area contributed by atoms with E-state index in [1.54, 1.807) is 0 Å². The van der Waals surface area contributed by atoms with Crippen LogP contribution in [0.15, 0.2) is 0 Å². The maximum Gasteiger partial charge on any atom is 0.340 e. The van der Waals surface area contributed by atoms with Crippen LogP contribution in [0, 0.1) is 5.92 Å². The van der Waals surface area contributed by atoms with Crippen molar-refractivity contribution in [1.82, 2.24) is 0 Å². The minimum atomic E-state index is -1.41. The van der Waals surface area contributed by atoms with Gasteiger partial charge in [-0.25, -0.2) is 9.18 Å². The average molecular weight is 202 g/mol. The summed E-state index contributed by atoms with van der Waals surface area (Å²) in [5.41, 5.74) is 0. The van der Waals surface area contributed by atoms with Gasteiger partial charge in [-0.2, -0.15) is 0 Å². The molecule has 0 saturated heterocycles. The van der Waals surface area contributed by atoms with E-state index in [9.17, 15) is 9.18 Å². The highest BCUT2D eigenvalue weighted by molar-refractivity contribution is 5.74. The number of halogens is 1. The Hall–Kier alpha value is -0.600. The quantitative estimate of drug-likeness (QED) is 0.655. The summed E-state index contributed by atoms with van der Waals surface area (Å²) in [6.45, 7) is 0. The van der Waals surface area contributed by atoms with E-state index < -0.39 is 12.1 Å². The lowest BCUT2D eigenvalue weighted by Gasteiger charge is -2.21. The van der Waals surface area contributed by atoms with Crippen molar-refractivity contribution >= 4 is 5.97 Å². The highest BCUT2D eigenvalue weighted by Crippen LogP contribution is 2.28.